The van der Waals surface area contributed by atoms with Gasteiger partial charge in [0.15, 0.2) is 12.7 Å². The van der Waals surface area contributed by atoms with Gasteiger partial charge >= 0.3 is 0 Å². The van der Waals surface area contributed by atoms with Crippen molar-refractivity contribution >= 4 is 21.8 Å². The molecule has 0 radical (unpaired) electrons. The first-order chi connectivity index (χ1) is 11.3. The van der Waals surface area contributed by atoms with Crippen LogP contribution in [0.5, 0.6) is 5.75 Å². The number of phenols is 1. The van der Waals surface area contributed by atoms with Crippen LogP contribution in [0.25, 0.3) is 21.8 Å². The highest BCUT2D eigenvalue weighted by Gasteiger charge is 2.28. The summed E-state index contributed by atoms with van der Waals surface area (Å²) in [4.78, 5) is 3.60. The molecule has 4 heteroatoms. The van der Waals surface area contributed by atoms with E-state index in [-0.39, 0.29) is 17.0 Å². The van der Waals surface area contributed by atoms with Crippen LogP contribution in [0.2, 0.25) is 0 Å². The van der Waals surface area contributed by atoms with Crippen molar-refractivity contribution in [2.24, 2.45) is 0 Å². The number of rotatable bonds is 3. The van der Waals surface area contributed by atoms with E-state index >= 15 is 0 Å². The number of fused-ring (bicyclic) bond motifs is 3. The summed E-state index contributed by atoms with van der Waals surface area (Å²) in [7, 11) is 0. The van der Waals surface area contributed by atoms with Gasteiger partial charge in [0, 0.05) is 28.3 Å². The van der Waals surface area contributed by atoms with Crippen LogP contribution in [0.3, 0.4) is 0 Å². The van der Waals surface area contributed by atoms with Gasteiger partial charge in [0.25, 0.3) is 0 Å². The van der Waals surface area contributed by atoms with Crippen molar-refractivity contribution in [2.45, 2.75) is 44.6 Å². The lowest BCUT2D eigenvalue weighted by molar-refractivity contribution is -0.694. The third kappa shape index (κ3) is 2.84. The Bertz CT molecular complexity index is 878. The minimum absolute atomic E-state index is 0. The summed E-state index contributed by atoms with van der Waals surface area (Å²) in [6, 6.07) is 7.73. The number of aromatic nitrogens is 2. The number of halogens is 1. The lowest BCUT2D eigenvalue weighted by atomic mass is 9.85. The van der Waals surface area contributed by atoms with E-state index in [1.165, 1.54) is 48.7 Å². The van der Waals surface area contributed by atoms with Crippen LogP contribution >= 0.6 is 0 Å². The van der Waals surface area contributed by atoms with Crippen molar-refractivity contribution in [2.75, 3.05) is 0 Å². The zero-order valence-electron chi connectivity index (χ0n) is 13.8. The Morgan fingerprint density at radius 3 is 2.71 bits per heavy atom. The second kappa shape index (κ2) is 6.98. The summed E-state index contributed by atoms with van der Waals surface area (Å²) in [5, 5.41) is 12.1. The molecule has 4 rings (SSSR count). The molecule has 2 aromatic heterocycles. The predicted molar refractivity (Wildman–Crippen MR) is 93.7 cm³/mol. The molecule has 1 fully saturated rings. The lowest BCUT2D eigenvalue weighted by Gasteiger charge is -2.20. The Morgan fingerprint density at radius 2 is 1.96 bits per heavy atom. The van der Waals surface area contributed by atoms with E-state index in [0.717, 1.165) is 17.4 Å². The van der Waals surface area contributed by atoms with Gasteiger partial charge in [-0.1, -0.05) is 25.8 Å². The molecule has 1 aromatic carbocycles. The van der Waals surface area contributed by atoms with Gasteiger partial charge in [-0.3, -0.25) is 0 Å². The molecule has 1 aliphatic rings. The Kier molecular flexibility index (Phi) is 4.95. The Labute approximate surface area is 152 Å². The van der Waals surface area contributed by atoms with E-state index in [1.807, 2.05) is 18.2 Å². The molecule has 24 heavy (non-hydrogen) atoms. The monoisotopic (exact) mass is 386 g/mol. The zero-order valence-corrected chi connectivity index (χ0v) is 15.3. The minimum atomic E-state index is 0. The van der Waals surface area contributed by atoms with Crippen molar-refractivity contribution in [3.05, 3.63) is 48.8 Å². The van der Waals surface area contributed by atoms with Crippen LogP contribution < -0.4 is 21.5 Å². The number of aromatic hydroxyl groups is 1. The fourth-order valence-electron chi connectivity index (χ4n) is 4.08. The number of hydrogen-bond acceptors (Lipinski definition) is 1. The van der Waals surface area contributed by atoms with E-state index in [2.05, 4.69) is 28.4 Å². The Morgan fingerprint density at radius 1 is 1.17 bits per heavy atom. The first-order valence-electron chi connectivity index (χ1n) is 8.55. The number of pyridine rings is 1. The number of allylic oxidation sites excluding steroid dienone is 1. The molecule has 2 heterocycles. The van der Waals surface area contributed by atoms with E-state index in [1.54, 1.807) is 6.07 Å². The first kappa shape index (κ1) is 17.0. The highest BCUT2D eigenvalue weighted by molar-refractivity contribution is 6.08. The normalized spacial score (nSPS) is 15.5. The van der Waals surface area contributed by atoms with Crippen molar-refractivity contribution in [3.63, 3.8) is 0 Å². The predicted octanol–water partition coefficient (Wildman–Crippen LogP) is 1.55. The molecular weight excluding hydrogens is 364 g/mol. The van der Waals surface area contributed by atoms with Gasteiger partial charge in [-0.2, -0.15) is 4.57 Å². The summed E-state index contributed by atoms with van der Waals surface area (Å²) in [6.07, 6.45) is 10.6. The smallest absolute Gasteiger partial charge is 0.209 e. The van der Waals surface area contributed by atoms with Crippen LogP contribution in [-0.4, -0.2) is 10.1 Å². The molecule has 3 nitrogen and oxygen atoms in total. The van der Waals surface area contributed by atoms with Gasteiger partial charge < -0.3 is 27.1 Å². The van der Waals surface area contributed by atoms with Crippen LogP contribution in [-0.2, 0) is 6.54 Å². The summed E-state index contributed by atoms with van der Waals surface area (Å²) in [5.74, 6) is 0.925. The Hall–Kier alpha value is -1.81. The van der Waals surface area contributed by atoms with Crippen molar-refractivity contribution in [3.8, 4) is 5.75 Å². The van der Waals surface area contributed by atoms with Gasteiger partial charge in [-0.05, 0) is 37.1 Å². The maximum Gasteiger partial charge on any atom is 0.209 e. The van der Waals surface area contributed by atoms with Crippen LogP contribution in [0.1, 0.15) is 43.7 Å². The molecule has 3 aromatic rings. The maximum absolute atomic E-state index is 9.83. The van der Waals surface area contributed by atoms with Crippen molar-refractivity contribution in [1.29, 1.82) is 0 Å². The number of aromatic amines is 1. The lowest BCUT2D eigenvalue weighted by Crippen LogP contribution is -3.00. The quantitative estimate of drug-likeness (QED) is 0.520. The third-order valence-electron chi connectivity index (χ3n) is 5.13. The number of benzene rings is 1. The topological polar surface area (TPSA) is 39.9 Å². The Balaban J connectivity index is 0.00000169. The first-order valence-corrected chi connectivity index (χ1v) is 8.55. The van der Waals surface area contributed by atoms with Crippen LogP contribution in [0.15, 0.2) is 43.1 Å². The van der Waals surface area contributed by atoms with Crippen molar-refractivity contribution < 1.29 is 26.7 Å². The molecule has 0 amide bonds. The van der Waals surface area contributed by atoms with Gasteiger partial charge in [0.1, 0.15) is 11.3 Å². The number of hydrogen-bond donors (Lipinski definition) is 2. The fourth-order valence-corrected chi connectivity index (χ4v) is 4.08. The largest absolute Gasteiger partial charge is 1.00 e. The molecule has 2 N–H and O–H groups in total. The van der Waals surface area contributed by atoms with Gasteiger partial charge in [-0.15, -0.1) is 0 Å². The summed E-state index contributed by atoms with van der Waals surface area (Å²) in [5.41, 5.74) is 3.71. The average Bonchev–Trinajstić information content (AvgIpc) is 2.93. The van der Waals surface area contributed by atoms with Crippen LogP contribution in [0, 0.1) is 0 Å². The molecule has 0 spiro atoms. The number of H-pyrrole nitrogens is 1. The third-order valence-corrected chi connectivity index (χ3v) is 5.13. The van der Waals surface area contributed by atoms with Gasteiger partial charge in [-0.25, -0.2) is 0 Å². The van der Waals surface area contributed by atoms with Gasteiger partial charge in [0.2, 0.25) is 5.69 Å². The molecule has 0 aliphatic heterocycles. The molecule has 1 saturated carbocycles. The average molecular weight is 387 g/mol. The summed E-state index contributed by atoms with van der Waals surface area (Å²) in [6.45, 7) is 4.75. The minimum Gasteiger partial charge on any atom is -1.00 e. The molecule has 0 atom stereocenters. The second-order valence-corrected chi connectivity index (χ2v) is 6.62. The zero-order chi connectivity index (χ0) is 15.8. The molecule has 0 bridgehead atoms. The second-order valence-electron chi connectivity index (χ2n) is 6.62. The van der Waals surface area contributed by atoms with E-state index < -0.39 is 0 Å². The number of nitrogens with zero attached hydrogens (tertiary/aromatic N) is 1. The SMILES string of the molecule is C=CC[n+]1ccc2c([nH]c3ccc(O)cc32)c1C1CCCCC1.[Br-]. The molecule has 126 valence electrons. The van der Waals surface area contributed by atoms with Gasteiger partial charge in [0.05, 0.1) is 0 Å². The standard InChI is InChI=1S/C20H22N2O.BrH/c1-2-11-22-12-10-16-17-13-15(23)8-9-18(17)21-19(16)20(22)14-6-4-3-5-7-14;/h2,8-10,12-14,23H,1,3-7,11H2;1H. The summed E-state index contributed by atoms with van der Waals surface area (Å²) < 4.78 is 2.33. The van der Waals surface area contributed by atoms with Crippen molar-refractivity contribution in [1.82, 2.24) is 4.98 Å². The van der Waals surface area contributed by atoms with E-state index in [0.29, 0.717) is 11.7 Å². The molecular formula is C20H23BrN2O. The highest BCUT2D eigenvalue weighted by atomic mass is 79.9. The number of nitrogens with one attached hydrogen (secondary N) is 1. The highest BCUT2D eigenvalue weighted by Crippen LogP contribution is 2.36. The molecule has 0 unspecified atom stereocenters. The van der Waals surface area contributed by atoms with E-state index in [9.17, 15) is 5.11 Å². The summed E-state index contributed by atoms with van der Waals surface area (Å²) >= 11 is 0. The maximum atomic E-state index is 9.83. The molecule has 0 saturated heterocycles. The number of phenolic OH excluding ortho intramolecular Hbond substituents is 1. The fraction of sp³-hybridized carbons (Fsp3) is 0.350. The van der Waals surface area contributed by atoms with E-state index in [4.69, 9.17) is 0 Å². The van der Waals surface area contributed by atoms with Crippen LogP contribution in [0.4, 0.5) is 0 Å². The molecule has 1 aliphatic carbocycles.